The van der Waals surface area contributed by atoms with Crippen molar-refractivity contribution < 1.29 is 76.0 Å². The molecule has 17 heteroatoms. The summed E-state index contributed by atoms with van der Waals surface area (Å²) in [6.07, 6.45) is -24.8. The van der Waals surface area contributed by atoms with Crippen LogP contribution in [0.15, 0.2) is 0 Å². The van der Waals surface area contributed by atoms with E-state index >= 15 is 0 Å². The molecule has 0 aromatic carbocycles. The van der Waals surface area contributed by atoms with Gasteiger partial charge >= 0.3 is 30.9 Å². The second-order valence-electron chi connectivity index (χ2n) is 2.89. The largest absolute Gasteiger partial charge is 0.559 e. The fourth-order valence-corrected chi connectivity index (χ4v) is 0.527. The molecule has 3 nitrogen and oxygen atoms in total. The molecule has 0 saturated heterocycles. The first-order valence-corrected chi connectivity index (χ1v) is 4.29. The van der Waals surface area contributed by atoms with Gasteiger partial charge < -0.3 is 0 Å². The molecule has 0 fully saturated rings. The van der Waals surface area contributed by atoms with Gasteiger partial charge in [0.25, 0.3) is 0 Å². The smallest absolute Gasteiger partial charge is 0.221 e. The van der Waals surface area contributed by atoms with Gasteiger partial charge in [-0.15, -0.1) is 30.7 Å². The van der Waals surface area contributed by atoms with Gasteiger partial charge in [0.1, 0.15) is 0 Å². The predicted molar refractivity (Wildman–Crippen MR) is 64.2 cm³/mol. The lowest BCUT2D eigenvalue weighted by atomic mass is 10.3. The molecule has 174 valence electrons. The van der Waals surface area contributed by atoms with E-state index in [0.717, 1.165) is 0 Å². The first kappa shape index (κ1) is 40.6. The Bertz CT molecular complexity index is 346. The van der Waals surface area contributed by atoms with E-state index in [1.807, 2.05) is 0 Å². The summed E-state index contributed by atoms with van der Waals surface area (Å²) in [6, 6.07) is 0. The SMILES string of the molecule is C.C.C.C.FC(F)(F)F.FCOOC(F)(F)C(F)(F)C(F)(F)OC(F)(F)F. The maximum atomic E-state index is 12.4. The average molecular weight is 452 g/mol. The van der Waals surface area contributed by atoms with Gasteiger partial charge in [0.15, 0.2) is 0 Å². The quantitative estimate of drug-likeness (QED) is 0.242. The molecule has 0 bridgehead atoms. The molecule has 0 aliphatic rings. The molecule has 0 heterocycles. The van der Waals surface area contributed by atoms with E-state index in [0.29, 0.717) is 0 Å². The van der Waals surface area contributed by atoms with Crippen molar-refractivity contribution in [3.63, 3.8) is 0 Å². The minimum absolute atomic E-state index is 0. The minimum Gasteiger partial charge on any atom is -0.221 e. The molecule has 0 amide bonds. The highest BCUT2D eigenvalue weighted by atomic mass is 19.5. The first-order chi connectivity index (χ1) is 9.77. The summed E-state index contributed by atoms with van der Waals surface area (Å²) in [5.74, 6) is -6.77. The third kappa shape index (κ3) is 16.8. The number of ether oxygens (including phenoxy) is 1. The summed E-state index contributed by atoms with van der Waals surface area (Å²) in [5.41, 5.74) is 0. The van der Waals surface area contributed by atoms with Crippen molar-refractivity contribution in [3.8, 4) is 0 Å². The summed E-state index contributed by atoms with van der Waals surface area (Å²) >= 11 is 0. The molecule has 0 radical (unpaired) electrons. The van der Waals surface area contributed by atoms with Crippen molar-refractivity contribution in [2.75, 3.05) is 6.86 Å². The Morgan fingerprint density at radius 1 is 0.556 bits per heavy atom. The topological polar surface area (TPSA) is 27.7 Å². The zero-order valence-electron chi connectivity index (χ0n) is 9.72. The van der Waals surface area contributed by atoms with E-state index in [1.54, 1.807) is 4.74 Å². The minimum atomic E-state index is -6.77. The Balaban J connectivity index is -0.000000109. The van der Waals surface area contributed by atoms with Gasteiger partial charge in [0.2, 0.25) is 6.86 Å². The van der Waals surface area contributed by atoms with Gasteiger partial charge in [-0.2, -0.15) is 36.1 Å². The number of alkyl halides is 14. The molecule has 0 atom stereocenters. The predicted octanol–water partition coefficient (Wildman–Crippen LogP) is 7.24. The Kier molecular flexibility index (Phi) is 19.7. The summed E-state index contributed by atoms with van der Waals surface area (Å²) in [7, 11) is 0. The van der Waals surface area contributed by atoms with Crippen LogP contribution in [-0.4, -0.2) is 37.8 Å². The lowest BCUT2D eigenvalue weighted by molar-refractivity contribution is -0.550. The van der Waals surface area contributed by atoms with Crippen molar-refractivity contribution >= 4 is 0 Å². The van der Waals surface area contributed by atoms with Crippen LogP contribution in [-0.2, 0) is 14.5 Å². The van der Waals surface area contributed by atoms with Crippen LogP contribution in [0.2, 0.25) is 0 Å². The van der Waals surface area contributed by atoms with E-state index in [9.17, 15) is 61.5 Å². The second-order valence-corrected chi connectivity index (χ2v) is 2.89. The van der Waals surface area contributed by atoms with Crippen LogP contribution in [0.25, 0.3) is 0 Å². The third-order valence-corrected chi connectivity index (χ3v) is 1.18. The van der Waals surface area contributed by atoms with Gasteiger partial charge in [-0.1, -0.05) is 29.7 Å². The zero-order chi connectivity index (χ0) is 19.3. The Labute approximate surface area is 145 Å². The highest BCUT2D eigenvalue weighted by Gasteiger charge is 2.77. The third-order valence-electron chi connectivity index (χ3n) is 1.18. The summed E-state index contributed by atoms with van der Waals surface area (Å²) in [5, 5.41) is 0. The molecule has 0 aromatic heterocycles. The molecule has 0 aromatic rings. The van der Waals surface area contributed by atoms with Crippen LogP contribution in [0.5, 0.6) is 0 Å². The normalized spacial score (nSPS) is 12.2. The molecular formula is C10H18F14O3. The maximum Gasteiger partial charge on any atom is 0.559 e. The van der Waals surface area contributed by atoms with E-state index < -0.39 is 37.8 Å². The molecule has 0 aliphatic heterocycles. The second kappa shape index (κ2) is 13.1. The molecule has 0 spiro atoms. The van der Waals surface area contributed by atoms with Crippen molar-refractivity contribution in [2.45, 2.75) is 60.6 Å². The number of rotatable bonds is 6. The number of hydrogen-bond donors (Lipinski definition) is 0. The summed E-state index contributed by atoms with van der Waals surface area (Å²) < 4.78 is 159. The van der Waals surface area contributed by atoms with E-state index in [4.69, 9.17) is 0 Å². The van der Waals surface area contributed by atoms with Crippen molar-refractivity contribution in [2.24, 2.45) is 0 Å². The van der Waals surface area contributed by atoms with Crippen LogP contribution >= 0.6 is 0 Å². The van der Waals surface area contributed by atoms with Crippen LogP contribution in [0.1, 0.15) is 29.7 Å². The van der Waals surface area contributed by atoms with Crippen LogP contribution in [0.3, 0.4) is 0 Å². The molecule has 0 N–H and O–H groups in total. The van der Waals surface area contributed by atoms with Crippen LogP contribution in [0, 0.1) is 0 Å². The number of halogens is 14. The molecule has 0 unspecified atom stereocenters. The lowest BCUT2D eigenvalue weighted by Gasteiger charge is -2.30. The van der Waals surface area contributed by atoms with E-state index in [1.165, 1.54) is 0 Å². The summed E-state index contributed by atoms with van der Waals surface area (Å²) in [6.45, 7) is -2.24. The van der Waals surface area contributed by atoms with Gasteiger partial charge in [-0.25, -0.2) is 9.13 Å². The monoisotopic (exact) mass is 452 g/mol. The van der Waals surface area contributed by atoms with Gasteiger partial charge in [-0.05, 0) is 0 Å². The highest BCUT2D eigenvalue weighted by Crippen LogP contribution is 2.48. The maximum absolute atomic E-state index is 12.4. The lowest BCUT2D eigenvalue weighted by Crippen LogP contribution is -2.58. The van der Waals surface area contributed by atoms with E-state index in [-0.39, 0.29) is 29.7 Å². The van der Waals surface area contributed by atoms with Crippen LogP contribution in [0.4, 0.5) is 61.5 Å². The first-order valence-electron chi connectivity index (χ1n) is 4.29. The Morgan fingerprint density at radius 2 is 0.852 bits per heavy atom. The Morgan fingerprint density at radius 3 is 1.07 bits per heavy atom. The van der Waals surface area contributed by atoms with Gasteiger partial charge in [-0.3, -0.25) is 0 Å². The molecule has 27 heavy (non-hydrogen) atoms. The fourth-order valence-electron chi connectivity index (χ4n) is 0.527. The molecule has 0 saturated carbocycles. The molecular weight excluding hydrogens is 434 g/mol. The van der Waals surface area contributed by atoms with Crippen molar-refractivity contribution in [1.29, 1.82) is 0 Å². The standard InChI is InChI=1S/C5H2F10O3.CF4.4CH4/c6-1-16-18-4(11,12)2(7,8)3(9,10)17-5(13,14)15;2-1(3,4)5;;;;/h1H2;;4*1H4. The van der Waals surface area contributed by atoms with E-state index in [2.05, 4.69) is 9.78 Å². The zero-order valence-corrected chi connectivity index (χ0v) is 9.72. The summed E-state index contributed by atoms with van der Waals surface area (Å²) in [4.78, 5) is 4.90. The Hall–Kier alpha value is -1.10. The van der Waals surface area contributed by atoms with Crippen molar-refractivity contribution in [1.82, 2.24) is 0 Å². The van der Waals surface area contributed by atoms with Crippen molar-refractivity contribution in [3.05, 3.63) is 0 Å². The average Bonchev–Trinajstić information content (AvgIpc) is 2.20. The van der Waals surface area contributed by atoms with Gasteiger partial charge in [0.05, 0.1) is 0 Å². The molecule has 0 aliphatic carbocycles. The van der Waals surface area contributed by atoms with Crippen LogP contribution < -0.4 is 0 Å². The highest BCUT2D eigenvalue weighted by molar-refractivity contribution is 4.85. The molecule has 0 rings (SSSR count). The van der Waals surface area contributed by atoms with Gasteiger partial charge in [0, 0.05) is 0 Å². The fraction of sp³-hybridized carbons (Fsp3) is 1.00. The number of hydrogen-bond acceptors (Lipinski definition) is 3.